The van der Waals surface area contributed by atoms with E-state index in [1.54, 1.807) is 12.1 Å². The van der Waals surface area contributed by atoms with Crippen molar-refractivity contribution in [2.45, 2.75) is 49.1 Å². The van der Waals surface area contributed by atoms with Gasteiger partial charge in [0.2, 0.25) is 15.9 Å². The molecule has 1 aromatic rings. The summed E-state index contributed by atoms with van der Waals surface area (Å²) in [4.78, 5) is 12.4. The van der Waals surface area contributed by atoms with Crippen molar-refractivity contribution in [3.63, 3.8) is 0 Å². The zero-order valence-electron chi connectivity index (χ0n) is 14.4. The number of benzene rings is 1. The fourth-order valence-electron chi connectivity index (χ4n) is 3.73. The minimum absolute atomic E-state index is 0. The molecule has 1 aromatic carbocycles. The van der Waals surface area contributed by atoms with Crippen LogP contribution in [0.4, 0.5) is 0 Å². The predicted molar refractivity (Wildman–Crippen MR) is 104 cm³/mol. The van der Waals surface area contributed by atoms with Crippen LogP contribution < -0.4 is 15.4 Å². The Bertz CT molecular complexity index is 716. The predicted octanol–water partition coefficient (Wildman–Crippen LogP) is 2.08. The number of hydrogen-bond acceptors (Lipinski definition) is 4. The van der Waals surface area contributed by atoms with Crippen LogP contribution in [0.5, 0.6) is 0 Å². The lowest BCUT2D eigenvalue weighted by molar-refractivity contribution is -0.122. The molecule has 1 amide bonds. The molecule has 0 bridgehead atoms. The Balaban J connectivity index is 0.00000243. The number of halogens is 2. The van der Waals surface area contributed by atoms with Crippen LogP contribution >= 0.6 is 24.0 Å². The molecule has 1 heterocycles. The van der Waals surface area contributed by atoms with Crippen LogP contribution in [0.3, 0.4) is 0 Å². The smallest absolute Gasteiger partial charge is 0.240 e. The first kappa shape index (κ1) is 21.4. The van der Waals surface area contributed by atoms with Gasteiger partial charge in [-0.25, -0.2) is 13.1 Å². The van der Waals surface area contributed by atoms with Crippen molar-refractivity contribution in [3.05, 3.63) is 29.3 Å². The molecule has 6 nitrogen and oxygen atoms in total. The second-order valence-corrected chi connectivity index (χ2v) is 8.96. The van der Waals surface area contributed by atoms with Crippen LogP contribution in [0, 0.1) is 5.92 Å². The van der Waals surface area contributed by atoms with Crippen molar-refractivity contribution >= 4 is 39.9 Å². The Kier molecular flexibility index (Phi) is 7.73. The number of nitrogens with one attached hydrogen (secondary N) is 3. The molecule has 3 atom stereocenters. The van der Waals surface area contributed by atoms with E-state index >= 15 is 0 Å². The van der Waals surface area contributed by atoms with Crippen LogP contribution in [0.1, 0.15) is 32.1 Å². The van der Waals surface area contributed by atoms with E-state index in [9.17, 15) is 13.2 Å². The third-order valence-corrected chi connectivity index (χ3v) is 6.70. The average Bonchev–Trinajstić information content (AvgIpc) is 3.03. The Morgan fingerprint density at radius 1 is 1.23 bits per heavy atom. The van der Waals surface area contributed by atoms with Crippen molar-refractivity contribution in [2.75, 3.05) is 13.1 Å². The number of hydrogen-bond donors (Lipinski definition) is 3. The van der Waals surface area contributed by atoms with Gasteiger partial charge in [0.25, 0.3) is 0 Å². The Morgan fingerprint density at radius 2 is 2.00 bits per heavy atom. The Hall–Kier alpha value is -0.860. The highest BCUT2D eigenvalue weighted by Crippen LogP contribution is 2.33. The minimum atomic E-state index is -3.62. The van der Waals surface area contributed by atoms with E-state index in [2.05, 4.69) is 15.4 Å². The summed E-state index contributed by atoms with van der Waals surface area (Å²) in [7, 11) is -3.62. The van der Waals surface area contributed by atoms with E-state index in [-0.39, 0.29) is 42.3 Å². The highest BCUT2D eigenvalue weighted by atomic mass is 35.5. The monoisotopic (exact) mass is 421 g/mol. The SMILES string of the molecule is Cl.O=C(NCCNS(=O)(=O)c1cccc(Cl)c1)C1CC2CCCCC2N1. The van der Waals surface area contributed by atoms with Crippen molar-refractivity contribution in [1.82, 2.24) is 15.4 Å². The van der Waals surface area contributed by atoms with Gasteiger partial charge in [-0.1, -0.05) is 30.5 Å². The van der Waals surface area contributed by atoms with E-state index in [0.717, 1.165) is 12.8 Å². The van der Waals surface area contributed by atoms with Gasteiger partial charge in [-0.15, -0.1) is 12.4 Å². The molecule has 0 radical (unpaired) electrons. The van der Waals surface area contributed by atoms with E-state index in [4.69, 9.17) is 11.6 Å². The summed E-state index contributed by atoms with van der Waals surface area (Å²) in [6.45, 7) is 0.395. The summed E-state index contributed by atoms with van der Waals surface area (Å²) < 4.78 is 26.8. The maximum absolute atomic E-state index is 12.3. The van der Waals surface area contributed by atoms with E-state index in [1.165, 1.54) is 31.4 Å². The van der Waals surface area contributed by atoms with Crippen molar-refractivity contribution in [3.8, 4) is 0 Å². The van der Waals surface area contributed by atoms with Gasteiger partial charge < -0.3 is 10.6 Å². The molecule has 9 heteroatoms. The van der Waals surface area contributed by atoms with Gasteiger partial charge in [-0.3, -0.25) is 4.79 Å². The average molecular weight is 422 g/mol. The van der Waals surface area contributed by atoms with Crippen LogP contribution in [-0.4, -0.2) is 39.5 Å². The van der Waals surface area contributed by atoms with Gasteiger partial charge in [0.05, 0.1) is 10.9 Å². The van der Waals surface area contributed by atoms with Crippen LogP contribution in [0.2, 0.25) is 5.02 Å². The van der Waals surface area contributed by atoms with Gasteiger partial charge in [0.15, 0.2) is 0 Å². The molecule has 26 heavy (non-hydrogen) atoms. The molecule has 1 aliphatic heterocycles. The normalized spacial score (nSPS) is 25.2. The van der Waals surface area contributed by atoms with E-state index < -0.39 is 10.0 Å². The summed E-state index contributed by atoms with van der Waals surface area (Å²) in [6.07, 6.45) is 5.70. The summed E-state index contributed by atoms with van der Waals surface area (Å²) in [5.74, 6) is 0.558. The molecular weight excluding hydrogens is 397 g/mol. The second kappa shape index (κ2) is 9.37. The molecule has 1 saturated heterocycles. The summed E-state index contributed by atoms with van der Waals surface area (Å²) >= 11 is 5.82. The zero-order valence-corrected chi connectivity index (χ0v) is 16.8. The number of amides is 1. The standard InChI is InChI=1S/C17H24ClN3O3S.ClH/c18-13-5-3-6-14(11-13)25(23,24)20-9-8-19-17(22)16-10-12-4-1-2-7-15(12)21-16;/h3,5-6,11-12,15-16,20-21H,1-2,4,7-10H2,(H,19,22);1H. The highest BCUT2D eigenvalue weighted by Gasteiger charge is 2.37. The number of carbonyl (C=O) groups is 1. The second-order valence-electron chi connectivity index (χ2n) is 6.75. The molecule has 1 aliphatic carbocycles. The molecule has 2 aliphatic rings. The fourth-order valence-corrected chi connectivity index (χ4v) is 5.07. The molecule has 1 saturated carbocycles. The van der Waals surface area contributed by atoms with Gasteiger partial charge in [0, 0.05) is 24.2 Å². The van der Waals surface area contributed by atoms with Crippen molar-refractivity contribution in [1.29, 1.82) is 0 Å². The minimum Gasteiger partial charge on any atom is -0.353 e. The molecule has 3 N–H and O–H groups in total. The third kappa shape index (κ3) is 5.33. The fraction of sp³-hybridized carbons (Fsp3) is 0.588. The maximum atomic E-state index is 12.3. The third-order valence-electron chi connectivity index (χ3n) is 5.00. The quantitative estimate of drug-likeness (QED) is 0.613. The van der Waals surface area contributed by atoms with Gasteiger partial charge in [-0.2, -0.15) is 0 Å². The lowest BCUT2D eigenvalue weighted by atomic mass is 9.85. The lowest BCUT2D eigenvalue weighted by Crippen LogP contribution is -2.45. The largest absolute Gasteiger partial charge is 0.353 e. The van der Waals surface area contributed by atoms with Crippen LogP contribution in [-0.2, 0) is 14.8 Å². The number of carbonyl (C=O) groups excluding carboxylic acids is 1. The maximum Gasteiger partial charge on any atom is 0.240 e. The first-order valence-corrected chi connectivity index (χ1v) is 10.6. The topological polar surface area (TPSA) is 87.3 Å². The van der Waals surface area contributed by atoms with Crippen LogP contribution in [0.15, 0.2) is 29.2 Å². The van der Waals surface area contributed by atoms with Crippen LogP contribution in [0.25, 0.3) is 0 Å². The zero-order chi connectivity index (χ0) is 17.9. The Labute approximate surface area is 165 Å². The Morgan fingerprint density at radius 3 is 2.73 bits per heavy atom. The number of sulfonamides is 1. The van der Waals surface area contributed by atoms with Crippen molar-refractivity contribution < 1.29 is 13.2 Å². The number of fused-ring (bicyclic) bond motifs is 1. The summed E-state index contributed by atoms with van der Waals surface area (Å²) in [5, 5.41) is 6.60. The van der Waals surface area contributed by atoms with Gasteiger partial charge >= 0.3 is 0 Å². The highest BCUT2D eigenvalue weighted by molar-refractivity contribution is 7.89. The molecule has 0 spiro atoms. The molecular formula is C17H25Cl2N3O3S. The molecule has 3 rings (SSSR count). The molecule has 0 aromatic heterocycles. The summed E-state index contributed by atoms with van der Waals surface area (Å²) in [6, 6.07) is 6.39. The van der Waals surface area contributed by atoms with E-state index in [0.29, 0.717) is 17.0 Å². The molecule has 146 valence electrons. The lowest BCUT2D eigenvalue weighted by Gasteiger charge is -2.24. The first-order valence-electron chi connectivity index (χ1n) is 8.75. The molecule has 3 unspecified atom stereocenters. The van der Waals surface area contributed by atoms with Crippen molar-refractivity contribution in [2.24, 2.45) is 5.92 Å². The molecule has 2 fully saturated rings. The van der Waals surface area contributed by atoms with Gasteiger partial charge in [0.1, 0.15) is 0 Å². The van der Waals surface area contributed by atoms with E-state index in [1.807, 2.05) is 0 Å². The van der Waals surface area contributed by atoms with Gasteiger partial charge in [-0.05, 0) is 43.4 Å². The first-order chi connectivity index (χ1) is 12.0. The number of rotatable bonds is 6. The summed E-state index contributed by atoms with van der Waals surface area (Å²) in [5.41, 5.74) is 0.